The molecule has 1 aliphatic heterocycles. The second-order valence-electron chi connectivity index (χ2n) is 1.51. The smallest absolute Gasteiger partial charge is 0.0315 e. The van der Waals surface area contributed by atoms with Gasteiger partial charge in [0.15, 0.2) is 0 Å². The third-order valence-electron chi connectivity index (χ3n) is 0.805. The van der Waals surface area contributed by atoms with Crippen LogP contribution >= 0.6 is 20.7 Å². The highest BCUT2D eigenvalue weighted by molar-refractivity contribution is 14.2. The van der Waals surface area contributed by atoms with E-state index in [0.717, 1.165) is 6.42 Å². The Kier molecular flexibility index (Phi) is 2.00. The summed E-state index contributed by atoms with van der Waals surface area (Å²) >= 11 is 0.244. The van der Waals surface area contributed by atoms with Gasteiger partial charge < -0.3 is 5.73 Å². The quantitative estimate of drug-likeness (QED) is 0.592. The normalized spacial score (nSPS) is 29.6. The lowest BCUT2D eigenvalue weighted by Crippen LogP contribution is -2.19. The van der Waals surface area contributed by atoms with Gasteiger partial charge in [-0.15, -0.1) is 0 Å². The van der Waals surface area contributed by atoms with Crippen LogP contribution in [0.2, 0.25) is 0 Å². The molecular formula is C5H8IN. The van der Waals surface area contributed by atoms with E-state index in [1.807, 2.05) is 0 Å². The van der Waals surface area contributed by atoms with Crippen molar-refractivity contribution in [1.29, 1.82) is 0 Å². The fourth-order valence-corrected chi connectivity index (χ4v) is 2.10. The van der Waals surface area contributed by atoms with Crippen molar-refractivity contribution in [2.75, 3.05) is 0 Å². The Labute approximate surface area is 53.3 Å². The SMILES string of the molecule is NC1C=IC=CC1. The molecule has 7 heavy (non-hydrogen) atoms. The molecule has 0 saturated heterocycles. The highest BCUT2D eigenvalue weighted by Gasteiger charge is 1.94. The Bertz CT molecular complexity index is 107. The molecule has 0 amide bonds. The second kappa shape index (κ2) is 2.57. The van der Waals surface area contributed by atoms with Gasteiger partial charge in [-0.05, 0) is 14.5 Å². The standard InChI is InChI=1S/C5H8IN/c7-5-2-1-3-6-4-5/h1,3-5H,2,7H2. The summed E-state index contributed by atoms with van der Waals surface area (Å²) in [5.74, 6) is 0. The first-order chi connectivity index (χ1) is 3.39. The van der Waals surface area contributed by atoms with Crippen LogP contribution in [-0.2, 0) is 0 Å². The molecule has 0 saturated carbocycles. The fraction of sp³-hybridized carbons (Fsp3) is 0.400. The Balaban J connectivity index is 2.49. The Morgan fingerprint density at radius 1 is 1.71 bits per heavy atom. The predicted molar refractivity (Wildman–Crippen MR) is 41.8 cm³/mol. The van der Waals surface area contributed by atoms with E-state index in [4.69, 9.17) is 5.73 Å². The van der Waals surface area contributed by atoms with Crippen LogP contribution in [0.15, 0.2) is 10.2 Å². The zero-order valence-corrected chi connectivity index (χ0v) is 6.13. The van der Waals surface area contributed by atoms with Gasteiger partial charge in [0, 0.05) is 6.04 Å². The number of hydrogen-bond donors (Lipinski definition) is 1. The molecule has 1 aliphatic rings. The van der Waals surface area contributed by atoms with Crippen molar-refractivity contribution in [2.45, 2.75) is 12.5 Å². The van der Waals surface area contributed by atoms with Gasteiger partial charge in [0.05, 0.1) is 0 Å². The van der Waals surface area contributed by atoms with Gasteiger partial charge in [-0.3, -0.25) is 0 Å². The fourth-order valence-electron chi connectivity index (χ4n) is 0.447. The topological polar surface area (TPSA) is 26.0 Å². The summed E-state index contributed by atoms with van der Waals surface area (Å²) in [6, 6.07) is 0.373. The molecule has 40 valence electrons. The number of halogens is 1. The zero-order valence-electron chi connectivity index (χ0n) is 3.97. The second-order valence-corrected chi connectivity index (χ2v) is 3.67. The average Bonchev–Trinajstić information content (AvgIpc) is 1.69. The summed E-state index contributed by atoms with van der Waals surface area (Å²) in [4.78, 5) is 0. The summed E-state index contributed by atoms with van der Waals surface area (Å²) in [5.41, 5.74) is 5.56. The summed E-state index contributed by atoms with van der Waals surface area (Å²) in [6.45, 7) is 0. The number of nitrogens with two attached hydrogens (primary N) is 1. The molecule has 0 fully saturated rings. The molecule has 1 nitrogen and oxygen atoms in total. The Morgan fingerprint density at radius 2 is 2.57 bits per heavy atom. The monoisotopic (exact) mass is 209 g/mol. The third-order valence-corrected chi connectivity index (χ3v) is 3.07. The lowest BCUT2D eigenvalue weighted by Gasteiger charge is -2.02. The highest BCUT2D eigenvalue weighted by atomic mass is 127. The van der Waals surface area contributed by atoms with Crippen LogP contribution in [0.25, 0.3) is 0 Å². The molecule has 2 N–H and O–H groups in total. The Hall–Kier alpha value is 0.300. The van der Waals surface area contributed by atoms with Crippen molar-refractivity contribution in [3.8, 4) is 0 Å². The Morgan fingerprint density at radius 3 is 2.86 bits per heavy atom. The first-order valence-corrected chi connectivity index (χ1v) is 4.74. The van der Waals surface area contributed by atoms with Crippen LogP contribution in [0.4, 0.5) is 0 Å². The van der Waals surface area contributed by atoms with Crippen LogP contribution < -0.4 is 5.73 Å². The van der Waals surface area contributed by atoms with Crippen LogP contribution in [0.1, 0.15) is 6.42 Å². The maximum absolute atomic E-state index is 5.56. The summed E-state index contributed by atoms with van der Waals surface area (Å²) in [7, 11) is 0. The number of rotatable bonds is 0. The van der Waals surface area contributed by atoms with Gasteiger partial charge in [0.1, 0.15) is 0 Å². The van der Waals surface area contributed by atoms with E-state index in [1.54, 1.807) is 0 Å². The van der Waals surface area contributed by atoms with E-state index in [0.29, 0.717) is 6.04 Å². The molecule has 1 unspecified atom stereocenters. The van der Waals surface area contributed by atoms with Crippen molar-refractivity contribution in [3.63, 3.8) is 0 Å². The van der Waals surface area contributed by atoms with Crippen LogP contribution in [-0.4, -0.2) is 10.1 Å². The van der Waals surface area contributed by atoms with Gasteiger partial charge in [0.25, 0.3) is 0 Å². The van der Waals surface area contributed by atoms with Crippen molar-refractivity contribution in [3.05, 3.63) is 10.2 Å². The molecule has 1 rings (SSSR count). The number of hydrogen-bond acceptors (Lipinski definition) is 1. The molecule has 0 aliphatic carbocycles. The van der Waals surface area contributed by atoms with Gasteiger partial charge in [0.2, 0.25) is 0 Å². The van der Waals surface area contributed by atoms with E-state index in [-0.39, 0.29) is 20.7 Å². The van der Waals surface area contributed by atoms with Crippen molar-refractivity contribution in [2.24, 2.45) is 5.73 Å². The van der Waals surface area contributed by atoms with E-state index < -0.39 is 0 Å². The maximum Gasteiger partial charge on any atom is 0.0315 e. The average molecular weight is 209 g/mol. The predicted octanol–water partition coefficient (Wildman–Crippen LogP) is 1.00. The van der Waals surface area contributed by atoms with Gasteiger partial charge in [-0.1, -0.05) is 26.8 Å². The molecule has 1 atom stereocenters. The third kappa shape index (κ3) is 1.69. The largest absolute Gasteiger partial charge is 0.324 e. The summed E-state index contributed by atoms with van der Waals surface area (Å²) in [6.07, 6.45) is 3.23. The summed E-state index contributed by atoms with van der Waals surface area (Å²) in [5, 5.41) is 0. The molecule has 0 radical (unpaired) electrons. The molecule has 1 heterocycles. The first kappa shape index (κ1) is 5.44. The minimum absolute atomic E-state index is 0.244. The lowest BCUT2D eigenvalue weighted by molar-refractivity contribution is 0.904. The van der Waals surface area contributed by atoms with E-state index in [9.17, 15) is 0 Å². The van der Waals surface area contributed by atoms with Gasteiger partial charge >= 0.3 is 0 Å². The minimum atomic E-state index is 0.244. The van der Waals surface area contributed by atoms with Crippen molar-refractivity contribution >= 4 is 24.7 Å². The zero-order chi connectivity index (χ0) is 5.11. The molecule has 2 heteroatoms. The van der Waals surface area contributed by atoms with E-state index in [1.165, 1.54) is 0 Å². The van der Waals surface area contributed by atoms with Crippen molar-refractivity contribution in [1.82, 2.24) is 0 Å². The molecule has 0 spiro atoms. The molecule has 0 aromatic rings. The molecule has 0 aromatic heterocycles. The molecule has 0 aromatic carbocycles. The minimum Gasteiger partial charge on any atom is -0.324 e. The van der Waals surface area contributed by atoms with E-state index >= 15 is 0 Å². The lowest BCUT2D eigenvalue weighted by atomic mass is 10.3. The van der Waals surface area contributed by atoms with Gasteiger partial charge in [-0.25, -0.2) is 0 Å². The van der Waals surface area contributed by atoms with Crippen LogP contribution in [0.5, 0.6) is 0 Å². The van der Waals surface area contributed by atoms with Crippen molar-refractivity contribution < 1.29 is 0 Å². The van der Waals surface area contributed by atoms with Crippen LogP contribution in [0.3, 0.4) is 0 Å². The van der Waals surface area contributed by atoms with Gasteiger partial charge in [-0.2, -0.15) is 0 Å². The first-order valence-electron chi connectivity index (χ1n) is 2.25. The molecule has 0 bridgehead atoms. The summed E-state index contributed by atoms with van der Waals surface area (Å²) < 4.78 is 4.49. The highest BCUT2D eigenvalue weighted by Crippen LogP contribution is 2.06. The van der Waals surface area contributed by atoms with E-state index in [2.05, 4.69) is 14.2 Å². The van der Waals surface area contributed by atoms with Crippen LogP contribution in [0, 0.1) is 0 Å². The molecular weight excluding hydrogens is 201 g/mol. The maximum atomic E-state index is 5.56.